The molecule has 0 aromatic heterocycles. The minimum Gasteiger partial charge on any atom is -0.495 e. The highest BCUT2D eigenvalue weighted by atomic mass is 19.1. The minimum absolute atomic E-state index is 0.159. The van der Waals surface area contributed by atoms with Crippen molar-refractivity contribution in [2.75, 3.05) is 7.11 Å². The zero-order chi connectivity index (χ0) is 12.3. The Kier molecular flexibility index (Phi) is 3.43. The summed E-state index contributed by atoms with van der Waals surface area (Å²) in [5.74, 6) is -2.60. The van der Waals surface area contributed by atoms with E-state index in [-0.39, 0.29) is 11.3 Å². The number of hydrogen-bond acceptors (Lipinski definition) is 4. The average Bonchev–Trinajstić information content (AvgIpc) is 2.27. The predicted octanol–water partition coefficient (Wildman–Crippen LogP) is 0.824. The molecule has 0 aliphatic rings. The molecule has 1 aromatic carbocycles. The monoisotopic (exact) mass is 225 g/mol. The van der Waals surface area contributed by atoms with Crippen LogP contribution in [0.25, 0.3) is 0 Å². The molecule has 0 spiro atoms. The van der Waals surface area contributed by atoms with Crippen LogP contribution in [-0.2, 0) is 4.79 Å². The van der Waals surface area contributed by atoms with Crippen molar-refractivity contribution in [2.45, 2.75) is 6.10 Å². The Bertz CT molecular complexity index is 467. The molecule has 5 nitrogen and oxygen atoms in total. The van der Waals surface area contributed by atoms with Crippen LogP contribution in [0.15, 0.2) is 12.1 Å². The summed E-state index contributed by atoms with van der Waals surface area (Å²) in [5, 5.41) is 26.6. The zero-order valence-electron chi connectivity index (χ0n) is 8.27. The number of benzene rings is 1. The maximum atomic E-state index is 13.2. The van der Waals surface area contributed by atoms with Gasteiger partial charge in [-0.05, 0) is 12.1 Å². The van der Waals surface area contributed by atoms with Crippen molar-refractivity contribution in [1.82, 2.24) is 0 Å². The molecule has 84 valence electrons. The Labute approximate surface area is 90.3 Å². The molecule has 16 heavy (non-hydrogen) atoms. The number of nitrogens with zero attached hydrogens (tertiary/aromatic N) is 1. The lowest BCUT2D eigenvalue weighted by Crippen LogP contribution is -2.12. The van der Waals surface area contributed by atoms with Gasteiger partial charge in [-0.1, -0.05) is 0 Å². The Hall–Kier alpha value is -2.13. The van der Waals surface area contributed by atoms with Gasteiger partial charge in [-0.2, -0.15) is 5.26 Å². The molecule has 1 atom stereocenters. The van der Waals surface area contributed by atoms with Crippen LogP contribution in [0, 0.1) is 17.1 Å². The molecule has 0 saturated heterocycles. The fraction of sp³-hybridized carbons (Fsp3) is 0.200. The second-order valence-corrected chi connectivity index (χ2v) is 2.90. The number of carboxylic acid groups (broad SMARTS) is 1. The summed E-state index contributed by atoms with van der Waals surface area (Å²) in [6.45, 7) is 0. The number of aliphatic carboxylic acids is 1. The molecule has 0 aliphatic heterocycles. The van der Waals surface area contributed by atoms with Gasteiger partial charge in [0, 0.05) is 5.56 Å². The molecular weight excluding hydrogens is 217 g/mol. The molecule has 2 N–H and O–H groups in total. The minimum atomic E-state index is -1.86. The van der Waals surface area contributed by atoms with E-state index in [1.54, 1.807) is 6.07 Å². The van der Waals surface area contributed by atoms with Crippen LogP contribution in [-0.4, -0.2) is 23.3 Å². The maximum Gasteiger partial charge on any atom is 0.337 e. The lowest BCUT2D eigenvalue weighted by molar-refractivity contribution is -0.147. The van der Waals surface area contributed by atoms with Crippen molar-refractivity contribution in [3.05, 3.63) is 29.1 Å². The van der Waals surface area contributed by atoms with Crippen LogP contribution in [0.3, 0.4) is 0 Å². The number of hydrogen-bond donors (Lipinski definition) is 2. The number of aliphatic hydroxyl groups is 1. The zero-order valence-corrected chi connectivity index (χ0v) is 8.27. The fourth-order valence-corrected chi connectivity index (χ4v) is 1.25. The highest BCUT2D eigenvalue weighted by molar-refractivity contribution is 5.75. The van der Waals surface area contributed by atoms with Crippen molar-refractivity contribution in [3.8, 4) is 11.8 Å². The molecule has 6 heteroatoms. The second kappa shape index (κ2) is 4.59. The van der Waals surface area contributed by atoms with Crippen molar-refractivity contribution in [1.29, 1.82) is 5.26 Å². The number of methoxy groups -OCH3 is 1. The highest BCUT2D eigenvalue weighted by Gasteiger charge is 2.24. The molecule has 0 bridgehead atoms. The molecule has 0 radical (unpaired) electrons. The highest BCUT2D eigenvalue weighted by Crippen LogP contribution is 2.30. The summed E-state index contributed by atoms with van der Waals surface area (Å²) in [6, 6.07) is 3.51. The lowest BCUT2D eigenvalue weighted by atomic mass is 10.0. The van der Waals surface area contributed by atoms with Gasteiger partial charge in [-0.3, -0.25) is 0 Å². The predicted molar refractivity (Wildman–Crippen MR) is 50.3 cm³/mol. The molecule has 0 aliphatic carbocycles. The number of carbonyl (C=O) groups is 1. The SMILES string of the molecule is COc1c(C(O)C(=O)O)ccc(F)c1C#N. The number of carboxylic acids is 1. The lowest BCUT2D eigenvalue weighted by Gasteiger charge is -2.12. The first-order valence-electron chi connectivity index (χ1n) is 4.20. The molecule has 0 heterocycles. The fourth-order valence-electron chi connectivity index (χ4n) is 1.25. The van der Waals surface area contributed by atoms with E-state index in [1.165, 1.54) is 0 Å². The first kappa shape index (κ1) is 11.9. The molecule has 1 aromatic rings. The van der Waals surface area contributed by atoms with Crippen LogP contribution in [0.2, 0.25) is 0 Å². The van der Waals surface area contributed by atoms with Crippen LogP contribution >= 0.6 is 0 Å². The van der Waals surface area contributed by atoms with Gasteiger partial charge < -0.3 is 14.9 Å². The average molecular weight is 225 g/mol. The van der Waals surface area contributed by atoms with E-state index >= 15 is 0 Å². The second-order valence-electron chi connectivity index (χ2n) is 2.90. The molecule has 0 fully saturated rings. The maximum absolute atomic E-state index is 13.2. The summed E-state index contributed by atoms with van der Waals surface area (Å²) in [7, 11) is 1.16. The van der Waals surface area contributed by atoms with Gasteiger partial charge >= 0.3 is 5.97 Å². The molecular formula is C10H8FNO4. The topological polar surface area (TPSA) is 90.6 Å². The van der Waals surface area contributed by atoms with Crippen molar-refractivity contribution in [2.24, 2.45) is 0 Å². The normalized spacial score (nSPS) is 11.6. The van der Waals surface area contributed by atoms with Gasteiger partial charge in [-0.15, -0.1) is 0 Å². The van der Waals surface area contributed by atoms with Crippen molar-refractivity contribution < 1.29 is 24.1 Å². The number of nitriles is 1. The number of rotatable bonds is 3. The van der Waals surface area contributed by atoms with E-state index in [4.69, 9.17) is 15.1 Å². The van der Waals surface area contributed by atoms with E-state index in [9.17, 15) is 14.3 Å². The first-order chi connectivity index (χ1) is 7.52. The largest absolute Gasteiger partial charge is 0.495 e. The number of aliphatic hydroxyl groups excluding tert-OH is 1. The smallest absolute Gasteiger partial charge is 0.337 e. The van der Waals surface area contributed by atoms with Gasteiger partial charge in [0.1, 0.15) is 23.2 Å². The summed E-state index contributed by atoms with van der Waals surface area (Å²) < 4.78 is 17.9. The van der Waals surface area contributed by atoms with E-state index < -0.39 is 23.5 Å². The summed E-state index contributed by atoms with van der Waals surface area (Å²) >= 11 is 0. The molecule has 0 amide bonds. The van der Waals surface area contributed by atoms with Gasteiger partial charge in [0.15, 0.2) is 6.10 Å². The van der Waals surface area contributed by atoms with Gasteiger partial charge in [0.2, 0.25) is 0 Å². The summed E-state index contributed by atoms with van der Waals surface area (Å²) in [6.07, 6.45) is -1.86. The van der Waals surface area contributed by atoms with Crippen LogP contribution in [0.4, 0.5) is 4.39 Å². The first-order valence-corrected chi connectivity index (χ1v) is 4.20. The molecule has 1 unspecified atom stereocenters. The summed E-state index contributed by atoms with van der Waals surface area (Å²) in [4.78, 5) is 10.6. The van der Waals surface area contributed by atoms with Crippen LogP contribution in [0.5, 0.6) is 5.75 Å². The molecule has 0 saturated carbocycles. The summed E-state index contributed by atoms with van der Waals surface area (Å²) in [5.41, 5.74) is -0.590. The number of halogens is 1. The van der Waals surface area contributed by atoms with Crippen molar-refractivity contribution in [3.63, 3.8) is 0 Å². The molecule has 1 rings (SSSR count). The third-order valence-electron chi connectivity index (χ3n) is 1.98. The van der Waals surface area contributed by atoms with Gasteiger partial charge in [-0.25, -0.2) is 9.18 Å². The Balaban J connectivity index is 3.42. The quantitative estimate of drug-likeness (QED) is 0.794. The van der Waals surface area contributed by atoms with E-state index in [2.05, 4.69) is 0 Å². The van der Waals surface area contributed by atoms with Gasteiger partial charge in [0.05, 0.1) is 7.11 Å². The van der Waals surface area contributed by atoms with E-state index in [1.807, 2.05) is 0 Å². The third-order valence-corrected chi connectivity index (χ3v) is 1.98. The van der Waals surface area contributed by atoms with Crippen LogP contribution < -0.4 is 4.74 Å². The van der Waals surface area contributed by atoms with Gasteiger partial charge in [0.25, 0.3) is 0 Å². The third kappa shape index (κ3) is 1.94. The Morgan fingerprint density at radius 2 is 2.25 bits per heavy atom. The van der Waals surface area contributed by atoms with E-state index in [0.717, 1.165) is 19.2 Å². The standard InChI is InChI=1S/C10H8FNO4/c1-16-9-5(8(13)10(14)15)2-3-7(11)6(9)4-12/h2-3,8,13H,1H3,(H,14,15). The van der Waals surface area contributed by atoms with Crippen LogP contribution in [0.1, 0.15) is 17.2 Å². The Morgan fingerprint density at radius 3 is 2.69 bits per heavy atom. The Morgan fingerprint density at radius 1 is 1.62 bits per heavy atom. The number of ether oxygens (including phenoxy) is 1. The van der Waals surface area contributed by atoms with Crippen molar-refractivity contribution >= 4 is 5.97 Å². The van der Waals surface area contributed by atoms with E-state index in [0.29, 0.717) is 0 Å².